The van der Waals surface area contributed by atoms with Gasteiger partial charge in [0.1, 0.15) is 11.2 Å². The molecule has 0 unspecified atom stereocenters. The smallest absolute Gasteiger partial charge is 0.144 e. The molecule has 27 heavy (non-hydrogen) atoms. The van der Waals surface area contributed by atoms with Crippen molar-refractivity contribution in [3.8, 4) is 22.4 Å². The molecule has 0 atom stereocenters. The summed E-state index contributed by atoms with van der Waals surface area (Å²) in [6.45, 7) is -0.256. The SMILES string of the molecule is [2H]C([2H])([2H])c1cccc(C)c1-c1ccnc(-c2cccc3c2oc2ccccc23)c1. The predicted molar refractivity (Wildman–Crippen MR) is 112 cm³/mol. The minimum Gasteiger partial charge on any atom is -0.455 e. The van der Waals surface area contributed by atoms with Crippen molar-refractivity contribution in [3.63, 3.8) is 0 Å². The number of fused-ring (bicyclic) bond motifs is 3. The van der Waals surface area contributed by atoms with Crippen molar-refractivity contribution >= 4 is 21.9 Å². The molecule has 0 saturated carbocycles. The largest absolute Gasteiger partial charge is 0.455 e. The van der Waals surface area contributed by atoms with Crippen LogP contribution in [0.4, 0.5) is 0 Å². The second-order valence-corrected chi connectivity index (χ2v) is 6.71. The molecule has 0 saturated heterocycles. The van der Waals surface area contributed by atoms with Crippen LogP contribution < -0.4 is 0 Å². The molecular formula is C25H19NO. The predicted octanol–water partition coefficient (Wildman–Crippen LogP) is 6.93. The van der Waals surface area contributed by atoms with Gasteiger partial charge in [-0.05, 0) is 60.3 Å². The molecule has 0 amide bonds. The molecule has 5 aromatic rings. The van der Waals surface area contributed by atoms with Crippen LogP contribution in [0.5, 0.6) is 0 Å². The van der Waals surface area contributed by atoms with Gasteiger partial charge in [0.25, 0.3) is 0 Å². The van der Waals surface area contributed by atoms with Gasteiger partial charge in [-0.2, -0.15) is 0 Å². The molecule has 0 aliphatic carbocycles. The monoisotopic (exact) mass is 352 g/mol. The summed E-state index contributed by atoms with van der Waals surface area (Å²) in [5.41, 5.74) is 6.08. The summed E-state index contributed by atoms with van der Waals surface area (Å²) in [5.74, 6) is 0. The average Bonchev–Trinajstić information content (AvgIpc) is 3.12. The van der Waals surface area contributed by atoms with E-state index in [1.165, 1.54) is 0 Å². The van der Waals surface area contributed by atoms with E-state index in [9.17, 15) is 0 Å². The molecule has 0 aliphatic rings. The lowest BCUT2D eigenvalue weighted by Gasteiger charge is -2.11. The van der Waals surface area contributed by atoms with Gasteiger partial charge in [-0.25, -0.2) is 0 Å². The fraction of sp³-hybridized carbons (Fsp3) is 0.0800. The molecule has 130 valence electrons. The molecule has 0 radical (unpaired) electrons. The molecule has 2 heteroatoms. The lowest BCUT2D eigenvalue weighted by Crippen LogP contribution is -1.90. The highest BCUT2D eigenvalue weighted by molar-refractivity contribution is 6.09. The van der Waals surface area contributed by atoms with Crippen LogP contribution in [-0.4, -0.2) is 4.98 Å². The first-order valence-corrected chi connectivity index (χ1v) is 8.90. The zero-order valence-electron chi connectivity index (χ0n) is 17.9. The van der Waals surface area contributed by atoms with Crippen molar-refractivity contribution < 1.29 is 8.53 Å². The first-order chi connectivity index (χ1) is 14.4. The molecule has 0 fully saturated rings. The van der Waals surface area contributed by atoms with E-state index in [-0.39, 0.29) is 0 Å². The fourth-order valence-electron chi connectivity index (χ4n) is 3.73. The van der Waals surface area contributed by atoms with Crippen LogP contribution >= 0.6 is 0 Å². The van der Waals surface area contributed by atoms with Crippen LogP contribution in [0.2, 0.25) is 0 Å². The van der Waals surface area contributed by atoms with Crippen molar-refractivity contribution in [2.75, 3.05) is 0 Å². The number of aromatic nitrogens is 1. The number of benzene rings is 3. The summed E-state index contributed by atoms with van der Waals surface area (Å²) in [7, 11) is 0. The number of nitrogens with zero attached hydrogens (tertiary/aromatic N) is 1. The van der Waals surface area contributed by atoms with E-state index in [0.29, 0.717) is 5.56 Å². The second-order valence-electron chi connectivity index (χ2n) is 6.71. The Morgan fingerprint density at radius 3 is 2.59 bits per heavy atom. The zero-order valence-corrected chi connectivity index (χ0v) is 14.9. The Hall–Kier alpha value is -3.39. The van der Waals surface area contributed by atoms with Gasteiger partial charge in [0, 0.05) is 26.6 Å². The van der Waals surface area contributed by atoms with E-state index in [4.69, 9.17) is 8.53 Å². The van der Waals surface area contributed by atoms with E-state index in [0.717, 1.165) is 49.9 Å². The van der Waals surface area contributed by atoms with Crippen molar-refractivity contribution in [3.05, 3.63) is 90.1 Å². The highest BCUT2D eigenvalue weighted by atomic mass is 16.3. The number of para-hydroxylation sites is 2. The Morgan fingerprint density at radius 2 is 1.67 bits per heavy atom. The quantitative estimate of drug-likeness (QED) is 0.344. The maximum Gasteiger partial charge on any atom is 0.144 e. The molecule has 2 nitrogen and oxygen atoms in total. The average molecular weight is 352 g/mol. The molecule has 3 aromatic carbocycles. The van der Waals surface area contributed by atoms with Gasteiger partial charge in [0.2, 0.25) is 0 Å². The standard InChI is InChI=1S/C25H19NO/c1-16-7-5-8-17(2)24(16)18-13-14-26-22(15-18)21-11-6-10-20-19-9-3-4-12-23(19)27-25(20)21/h3-15H,1-2H3/i1D3. The van der Waals surface area contributed by atoms with E-state index in [1.807, 2.05) is 67.6 Å². The molecule has 0 bridgehead atoms. The normalized spacial score (nSPS) is 13.4. The van der Waals surface area contributed by atoms with E-state index in [1.54, 1.807) is 18.3 Å². The molecule has 0 aliphatic heterocycles. The minimum atomic E-state index is -2.19. The van der Waals surface area contributed by atoms with Crippen molar-refractivity contribution in [2.24, 2.45) is 0 Å². The third-order valence-electron chi connectivity index (χ3n) is 5.00. The third-order valence-corrected chi connectivity index (χ3v) is 5.00. The highest BCUT2D eigenvalue weighted by Gasteiger charge is 2.14. The first kappa shape index (κ1) is 12.9. The topological polar surface area (TPSA) is 26.0 Å². The van der Waals surface area contributed by atoms with E-state index < -0.39 is 6.85 Å². The van der Waals surface area contributed by atoms with Crippen LogP contribution in [0.3, 0.4) is 0 Å². The molecule has 0 N–H and O–H groups in total. The van der Waals surface area contributed by atoms with Crippen molar-refractivity contribution in [1.82, 2.24) is 4.98 Å². The zero-order chi connectivity index (χ0) is 20.9. The highest BCUT2D eigenvalue weighted by Crippen LogP contribution is 2.36. The van der Waals surface area contributed by atoms with Gasteiger partial charge >= 0.3 is 0 Å². The van der Waals surface area contributed by atoms with Crippen LogP contribution in [0.25, 0.3) is 44.3 Å². The Morgan fingerprint density at radius 1 is 0.852 bits per heavy atom. The lowest BCUT2D eigenvalue weighted by molar-refractivity contribution is 0.670. The third kappa shape index (κ3) is 2.53. The van der Waals surface area contributed by atoms with Crippen LogP contribution in [0.1, 0.15) is 15.2 Å². The summed E-state index contributed by atoms with van der Waals surface area (Å²) in [4.78, 5) is 4.58. The number of rotatable bonds is 2. The van der Waals surface area contributed by atoms with Gasteiger partial charge in [0.05, 0.1) is 5.69 Å². The maximum absolute atomic E-state index is 7.95. The van der Waals surface area contributed by atoms with Crippen LogP contribution in [-0.2, 0) is 0 Å². The Bertz CT molecular complexity index is 1400. The summed E-state index contributed by atoms with van der Waals surface area (Å²) >= 11 is 0. The fourth-order valence-corrected chi connectivity index (χ4v) is 3.73. The number of hydrogen-bond acceptors (Lipinski definition) is 2. The Kier molecular flexibility index (Phi) is 2.91. The molecule has 2 aromatic heterocycles. The van der Waals surface area contributed by atoms with Gasteiger partial charge in [0.15, 0.2) is 0 Å². The summed E-state index contributed by atoms with van der Waals surface area (Å²) in [6, 6.07) is 23.2. The second kappa shape index (κ2) is 6.10. The summed E-state index contributed by atoms with van der Waals surface area (Å²) in [6.07, 6.45) is 1.72. The summed E-state index contributed by atoms with van der Waals surface area (Å²) < 4.78 is 30.0. The molecule has 5 rings (SSSR count). The van der Waals surface area contributed by atoms with E-state index >= 15 is 0 Å². The minimum absolute atomic E-state index is 0.349. The first-order valence-electron chi connectivity index (χ1n) is 10.4. The van der Waals surface area contributed by atoms with Gasteiger partial charge < -0.3 is 4.42 Å². The number of aryl methyl sites for hydroxylation is 2. The summed E-state index contributed by atoms with van der Waals surface area (Å²) in [5, 5.41) is 2.10. The lowest BCUT2D eigenvalue weighted by atomic mass is 9.95. The molecule has 2 heterocycles. The Balaban J connectivity index is 1.73. The van der Waals surface area contributed by atoms with E-state index in [2.05, 4.69) is 4.98 Å². The molecular weight excluding hydrogens is 330 g/mol. The molecule has 0 spiro atoms. The number of hydrogen-bond donors (Lipinski definition) is 0. The number of furan rings is 1. The van der Waals surface area contributed by atoms with Crippen LogP contribution in [0.15, 0.2) is 83.4 Å². The van der Waals surface area contributed by atoms with Crippen molar-refractivity contribution in [1.29, 1.82) is 0 Å². The van der Waals surface area contributed by atoms with Gasteiger partial charge in [-0.15, -0.1) is 0 Å². The van der Waals surface area contributed by atoms with Crippen LogP contribution in [0, 0.1) is 13.8 Å². The van der Waals surface area contributed by atoms with Gasteiger partial charge in [-0.3, -0.25) is 4.98 Å². The van der Waals surface area contributed by atoms with Gasteiger partial charge in [-0.1, -0.05) is 48.5 Å². The maximum atomic E-state index is 7.95. The van der Waals surface area contributed by atoms with Crippen molar-refractivity contribution in [2.45, 2.75) is 13.8 Å². The Labute approximate surface area is 162 Å². The number of pyridine rings is 1.